The second-order valence-corrected chi connectivity index (χ2v) is 5.35. The molecular formula is C14H28N2O2. The summed E-state index contributed by atoms with van der Waals surface area (Å²) in [5, 5.41) is 3.29. The Morgan fingerprint density at radius 1 is 1.39 bits per heavy atom. The van der Waals surface area contributed by atoms with Crippen molar-refractivity contribution >= 4 is 5.97 Å². The molecular weight excluding hydrogens is 228 g/mol. The number of rotatable bonds is 9. The van der Waals surface area contributed by atoms with Gasteiger partial charge in [0, 0.05) is 13.1 Å². The topological polar surface area (TPSA) is 41.6 Å². The lowest BCUT2D eigenvalue weighted by atomic mass is 10.0. The molecule has 1 fully saturated rings. The van der Waals surface area contributed by atoms with Crippen LogP contribution in [0.4, 0.5) is 0 Å². The van der Waals surface area contributed by atoms with Crippen LogP contribution >= 0.6 is 0 Å². The second kappa shape index (κ2) is 7.10. The van der Waals surface area contributed by atoms with Crippen molar-refractivity contribution in [1.29, 1.82) is 0 Å². The first-order valence-electron chi connectivity index (χ1n) is 7.20. The van der Waals surface area contributed by atoms with E-state index in [0.29, 0.717) is 6.61 Å². The van der Waals surface area contributed by atoms with Crippen LogP contribution in [-0.4, -0.2) is 49.2 Å². The molecule has 0 aromatic rings. The molecule has 0 aliphatic heterocycles. The van der Waals surface area contributed by atoms with E-state index in [0.717, 1.165) is 32.1 Å². The third kappa shape index (κ3) is 4.58. The molecule has 4 nitrogen and oxygen atoms in total. The highest BCUT2D eigenvalue weighted by molar-refractivity contribution is 5.80. The normalized spacial score (nSPS) is 18.7. The number of ether oxygens (including phenoxy) is 1. The van der Waals surface area contributed by atoms with Gasteiger partial charge in [0.1, 0.15) is 5.54 Å². The minimum Gasteiger partial charge on any atom is -0.465 e. The Kier molecular flexibility index (Phi) is 6.09. The van der Waals surface area contributed by atoms with Gasteiger partial charge in [-0.1, -0.05) is 13.8 Å². The number of carbonyl (C=O) groups is 1. The fraction of sp³-hybridized carbons (Fsp3) is 0.929. The highest BCUT2D eigenvalue weighted by Gasteiger charge is 2.36. The first kappa shape index (κ1) is 15.4. The molecule has 1 rings (SSSR count). The first-order chi connectivity index (χ1) is 8.55. The Labute approximate surface area is 111 Å². The van der Waals surface area contributed by atoms with Gasteiger partial charge in [-0.3, -0.25) is 4.79 Å². The molecule has 1 N–H and O–H groups in total. The number of nitrogens with zero attached hydrogens (tertiary/aromatic N) is 1. The second-order valence-electron chi connectivity index (χ2n) is 5.35. The van der Waals surface area contributed by atoms with Crippen LogP contribution in [0, 0.1) is 5.92 Å². The number of esters is 1. The average Bonchev–Trinajstić information content (AvgIpc) is 3.12. The number of carbonyl (C=O) groups excluding carboxylic acids is 1. The SMILES string of the molecule is CCNC(C)(CN(CC)CC1CC1)C(=O)OCC. The van der Waals surface area contributed by atoms with Gasteiger partial charge in [-0.05, 0) is 45.7 Å². The Bertz CT molecular complexity index is 267. The molecule has 1 aliphatic carbocycles. The molecule has 1 unspecified atom stereocenters. The lowest BCUT2D eigenvalue weighted by molar-refractivity contribution is -0.151. The van der Waals surface area contributed by atoms with Gasteiger partial charge in [-0.25, -0.2) is 0 Å². The Hall–Kier alpha value is -0.610. The van der Waals surface area contributed by atoms with Crippen LogP contribution in [0.15, 0.2) is 0 Å². The average molecular weight is 256 g/mol. The van der Waals surface area contributed by atoms with E-state index in [4.69, 9.17) is 4.74 Å². The van der Waals surface area contributed by atoms with Gasteiger partial charge < -0.3 is 15.0 Å². The standard InChI is InChI=1S/C14H28N2O2/c1-5-15-14(4,13(17)18-7-3)11-16(6-2)10-12-8-9-12/h12,15H,5-11H2,1-4H3. The molecule has 0 radical (unpaired) electrons. The lowest BCUT2D eigenvalue weighted by Crippen LogP contribution is -2.57. The first-order valence-corrected chi connectivity index (χ1v) is 7.20. The van der Waals surface area contributed by atoms with E-state index in [-0.39, 0.29) is 5.97 Å². The van der Waals surface area contributed by atoms with Crippen molar-refractivity contribution in [1.82, 2.24) is 10.2 Å². The molecule has 0 bridgehead atoms. The molecule has 0 spiro atoms. The van der Waals surface area contributed by atoms with Crippen LogP contribution in [0.2, 0.25) is 0 Å². The fourth-order valence-corrected chi connectivity index (χ4v) is 2.29. The van der Waals surface area contributed by atoms with Crippen LogP contribution < -0.4 is 5.32 Å². The molecule has 0 amide bonds. The van der Waals surface area contributed by atoms with E-state index in [9.17, 15) is 4.79 Å². The summed E-state index contributed by atoms with van der Waals surface area (Å²) in [7, 11) is 0. The van der Waals surface area contributed by atoms with Crippen molar-refractivity contribution in [3.63, 3.8) is 0 Å². The molecule has 1 aliphatic rings. The van der Waals surface area contributed by atoms with Gasteiger partial charge in [0.25, 0.3) is 0 Å². The summed E-state index contributed by atoms with van der Waals surface area (Å²) in [5.41, 5.74) is -0.588. The number of hydrogen-bond donors (Lipinski definition) is 1. The predicted molar refractivity (Wildman–Crippen MR) is 73.6 cm³/mol. The number of likely N-dealkylation sites (N-methyl/N-ethyl adjacent to an activating group) is 2. The van der Waals surface area contributed by atoms with Crippen molar-refractivity contribution in [2.45, 2.75) is 46.1 Å². The highest BCUT2D eigenvalue weighted by Crippen LogP contribution is 2.30. The Morgan fingerprint density at radius 3 is 2.50 bits per heavy atom. The fourth-order valence-electron chi connectivity index (χ4n) is 2.29. The Balaban J connectivity index is 2.59. The van der Waals surface area contributed by atoms with E-state index < -0.39 is 5.54 Å². The van der Waals surface area contributed by atoms with E-state index in [1.54, 1.807) is 0 Å². The third-order valence-corrected chi connectivity index (χ3v) is 3.49. The van der Waals surface area contributed by atoms with Crippen LogP contribution in [0.3, 0.4) is 0 Å². The zero-order valence-electron chi connectivity index (χ0n) is 12.3. The third-order valence-electron chi connectivity index (χ3n) is 3.49. The van der Waals surface area contributed by atoms with Gasteiger partial charge in [0.05, 0.1) is 6.61 Å². The number of hydrogen-bond acceptors (Lipinski definition) is 4. The van der Waals surface area contributed by atoms with Crippen molar-refractivity contribution in [3.05, 3.63) is 0 Å². The molecule has 0 saturated heterocycles. The molecule has 1 saturated carbocycles. The predicted octanol–water partition coefficient (Wildman–Crippen LogP) is 1.65. The maximum atomic E-state index is 12.1. The van der Waals surface area contributed by atoms with Crippen LogP contribution in [0.1, 0.15) is 40.5 Å². The van der Waals surface area contributed by atoms with Crippen molar-refractivity contribution < 1.29 is 9.53 Å². The van der Waals surface area contributed by atoms with Crippen LogP contribution in [0.5, 0.6) is 0 Å². The van der Waals surface area contributed by atoms with Gasteiger partial charge in [-0.15, -0.1) is 0 Å². The van der Waals surface area contributed by atoms with Crippen molar-refractivity contribution in [2.75, 3.05) is 32.8 Å². The van der Waals surface area contributed by atoms with E-state index >= 15 is 0 Å². The summed E-state index contributed by atoms with van der Waals surface area (Å²) in [6.45, 7) is 12.0. The van der Waals surface area contributed by atoms with Gasteiger partial charge >= 0.3 is 5.97 Å². The van der Waals surface area contributed by atoms with Crippen molar-refractivity contribution in [2.24, 2.45) is 5.92 Å². The summed E-state index contributed by atoms with van der Waals surface area (Å²) in [4.78, 5) is 14.5. The lowest BCUT2D eigenvalue weighted by Gasteiger charge is -2.33. The Morgan fingerprint density at radius 2 is 2.06 bits per heavy atom. The maximum absolute atomic E-state index is 12.1. The maximum Gasteiger partial charge on any atom is 0.327 e. The van der Waals surface area contributed by atoms with E-state index in [1.807, 2.05) is 20.8 Å². The molecule has 0 aromatic carbocycles. The highest BCUT2D eigenvalue weighted by atomic mass is 16.5. The summed E-state index contributed by atoms with van der Waals surface area (Å²) in [6.07, 6.45) is 2.68. The molecule has 1 atom stereocenters. The zero-order chi connectivity index (χ0) is 13.6. The monoisotopic (exact) mass is 256 g/mol. The minimum atomic E-state index is -0.588. The summed E-state index contributed by atoms with van der Waals surface area (Å²) in [6, 6.07) is 0. The molecule has 106 valence electrons. The van der Waals surface area contributed by atoms with E-state index in [2.05, 4.69) is 17.1 Å². The van der Waals surface area contributed by atoms with Crippen molar-refractivity contribution in [3.8, 4) is 0 Å². The van der Waals surface area contributed by atoms with Gasteiger partial charge in [0.2, 0.25) is 0 Å². The molecule has 0 heterocycles. The molecule has 0 aromatic heterocycles. The molecule has 4 heteroatoms. The van der Waals surface area contributed by atoms with Crippen LogP contribution in [0.25, 0.3) is 0 Å². The summed E-state index contributed by atoms with van der Waals surface area (Å²) >= 11 is 0. The van der Waals surface area contributed by atoms with Crippen LogP contribution in [-0.2, 0) is 9.53 Å². The molecule has 18 heavy (non-hydrogen) atoms. The van der Waals surface area contributed by atoms with E-state index in [1.165, 1.54) is 12.8 Å². The van der Waals surface area contributed by atoms with Gasteiger partial charge in [0.15, 0.2) is 0 Å². The largest absolute Gasteiger partial charge is 0.465 e. The summed E-state index contributed by atoms with van der Waals surface area (Å²) < 4.78 is 5.20. The smallest absolute Gasteiger partial charge is 0.327 e. The number of nitrogens with one attached hydrogen (secondary N) is 1. The minimum absolute atomic E-state index is 0.138. The summed E-state index contributed by atoms with van der Waals surface area (Å²) in [5.74, 6) is 0.708. The quantitative estimate of drug-likeness (QED) is 0.637. The van der Waals surface area contributed by atoms with Gasteiger partial charge in [-0.2, -0.15) is 0 Å². The zero-order valence-corrected chi connectivity index (χ0v) is 12.3.